The number of methoxy groups -OCH3 is 1. The molecule has 0 spiro atoms. The number of imidazole rings is 1. The van der Waals surface area contributed by atoms with E-state index in [1.807, 2.05) is 27.7 Å². The monoisotopic (exact) mass is 577 g/mol. The van der Waals surface area contributed by atoms with Crippen molar-refractivity contribution in [2.24, 2.45) is 0 Å². The summed E-state index contributed by atoms with van der Waals surface area (Å²) in [7, 11) is -2.52. The smallest absolute Gasteiger partial charge is 0.407 e. The molecule has 0 saturated carbocycles. The van der Waals surface area contributed by atoms with E-state index in [-0.39, 0.29) is 27.4 Å². The lowest BCUT2D eigenvalue weighted by Gasteiger charge is -2.16. The van der Waals surface area contributed by atoms with Gasteiger partial charge in [-0.3, -0.25) is 0 Å². The molecule has 11 nitrogen and oxygen atoms in total. The number of alkyl carbamates (subject to hydrolysis) is 1. The van der Waals surface area contributed by atoms with Crippen LogP contribution in [-0.4, -0.2) is 60.2 Å². The molecule has 13 heteroatoms. The first-order chi connectivity index (χ1) is 18.1. The fourth-order valence-electron chi connectivity index (χ4n) is 3.80. The highest BCUT2D eigenvalue weighted by Crippen LogP contribution is 2.37. The van der Waals surface area contributed by atoms with Crippen molar-refractivity contribution < 1.29 is 17.9 Å². The number of ether oxygens (including phenoxy) is 1. The van der Waals surface area contributed by atoms with Gasteiger partial charge in [-0.1, -0.05) is 32.4 Å². The Hall–Kier alpha value is -3.22. The molecular weight excluding hydrogens is 542 g/mol. The molecule has 4 N–H and O–H groups in total. The number of hydrogen-bond donors (Lipinski definition) is 4. The number of nitrogens with zero attached hydrogens (tertiary/aromatic N) is 3. The number of anilines is 1. The zero-order valence-corrected chi connectivity index (χ0v) is 25.0. The summed E-state index contributed by atoms with van der Waals surface area (Å²) in [5.74, 6) is 1.04. The molecule has 2 aromatic heterocycles. The number of carbonyl (C=O) groups is 1. The number of nitrogens with one attached hydrogen (secondary N) is 4. The summed E-state index contributed by atoms with van der Waals surface area (Å²) in [4.78, 5) is 28.8. The second kappa shape index (κ2) is 11.9. The zero-order valence-electron chi connectivity index (χ0n) is 23.4. The van der Waals surface area contributed by atoms with Crippen LogP contribution in [0.5, 0.6) is 0 Å². The molecule has 212 valence electrons. The fourth-order valence-corrected chi connectivity index (χ4v) is 5.63. The summed E-state index contributed by atoms with van der Waals surface area (Å²) in [6.07, 6.45) is 1.08. The van der Waals surface area contributed by atoms with Crippen LogP contribution in [0.25, 0.3) is 22.6 Å². The highest BCUT2D eigenvalue weighted by atomic mass is 35.5. The van der Waals surface area contributed by atoms with Gasteiger partial charge in [0.2, 0.25) is 16.0 Å². The quantitative estimate of drug-likeness (QED) is 0.287. The van der Waals surface area contributed by atoms with Crippen LogP contribution in [0.1, 0.15) is 52.9 Å². The van der Waals surface area contributed by atoms with Crippen LogP contribution < -0.4 is 15.4 Å². The Bertz CT molecular complexity index is 1450. The van der Waals surface area contributed by atoms with Crippen LogP contribution in [0.15, 0.2) is 29.3 Å². The molecule has 1 amide bonds. The molecule has 1 atom stereocenters. The number of rotatable bonds is 9. The number of sulfonamides is 1. The Labute approximate surface area is 234 Å². The van der Waals surface area contributed by atoms with Gasteiger partial charge in [-0.2, -0.15) is 0 Å². The van der Waals surface area contributed by atoms with Gasteiger partial charge in [-0.15, -0.1) is 0 Å². The van der Waals surface area contributed by atoms with Gasteiger partial charge in [-0.25, -0.2) is 32.9 Å². The van der Waals surface area contributed by atoms with E-state index in [0.717, 1.165) is 0 Å². The van der Waals surface area contributed by atoms with Crippen molar-refractivity contribution in [2.75, 3.05) is 19.0 Å². The topological polar surface area (TPSA) is 151 Å². The minimum atomic E-state index is -3.82. The molecule has 0 fully saturated rings. The molecule has 0 unspecified atom stereocenters. The third kappa shape index (κ3) is 7.46. The average molecular weight is 578 g/mol. The number of aromatic amines is 1. The molecule has 0 bridgehead atoms. The number of H-pyrrole nitrogens is 1. The maximum absolute atomic E-state index is 13.1. The molecular formula is C26H36ClN7O4S. The first-order valence-electron chi connectivity index (χ1n) is 12.5. The molecule has 3 rings (SSSR count). The summed E-state index contributed by atoms with van der Waals surface area (Å²) < 4.78 is 33.5. The van der Waals surface area contributed by atoms with Gasteiger partial charge in [0.05, 0.1) is 29.1 Å². The molecule has 39 heavy (non-hydrogen) atoms. The molecule has 0 aliphatic carbocycles. The maximum atomic E-state index is 13.1. The third-order valence-corrected chi connectivity index (χ3v) is 7.71. The van der Waals surface area contributed by atoms with E-state index in [2.05, 4.69) is 35.0 Å². The van der Waals surface area contributed by atoms with Crippen LogP contribution in [0.3, 0.4) is 0 Å². The van der Waals surface area contributed by atoms with E-state index in [9.17, 15) is 13.2 Å². The number of carbonyl (C=O) groups excluding carboxylic acids is 1. The van der Waals surface area contributed by atoms with E-state index in [4.69, 9.17) is 16.6 Å². The Kier molecular flexibility index (Phi) is 9.24. The zero-order chi connectivity index (χ0) is 29.1. The van der Waals surface area contributed by atoms with Crippen molar-refractivity contribution in [2.45, 2.75) is 70.9 Å². The van der Waals surface area contributed by atoms with Crippen molar-refractivity contribution in [3.63, 3.8) is 0 Å². The number of aromatic nitrogens is 4. The van der Waals surface area contributed by atoms with Crippen LogP contribution in [-0.2, 0) is 20.2 Å². The van der Waals surface area contributed by atoms with Gasteiger partial charge < -0.3 is 20.4 Å². The van der Waals surface area contributed by atoms with Crippen LogP contribution in [0.2, 0.25) is 5.02 Å². The average Bonchev–Trinajstić information content (AvgIpc) is 3.29. The molecule has 3 aromatic rings. The summed E-state index contributed by atoms with van der Waals surface area (Å²) >= 11 is 6.45. The van der Waals surface area contributed by atoms with Gasteiger partial charge >= 0.3 is 6.09 Å². The van der Waals surface area contributed by atoms with Gasteiger partial charge in [0.15, 0.2) is 0 Å². The second-order valence-corrected chi connectivity index (χ2v) is 12.7. The molecule has 2 heterocycles. The van der Waals surface area contributed by atoms with Crippen molar-refractivity contribution in [1.82, 2.24) is 30.0 Å². The van der Waals surface area contributed by atoms with Crippen molar-refractivity contribution in [1.29, 1.82) is 0 Å². The standard InChI is InChI=1S/C26H36ClN7O4S/c1-14(2)34-39(36,37)20-12-17(27)11-18(16(20)4)21-22(33-23(32-21)26(5,6)7)19-9-10-28-24(31-19)29-13-15(3)30-25(35)38-8/h9-12,14-15,34H,13H2,1-8H3,(H,30,35)(H,32,33)(H,28,29,31)/t15-/m0/s1. The minimum Gasteiger partial charge on any atom is -0.453 e. The summed E-state index contributed by atoms with van der Waals surface area (Å²) in [6, 6.07) is 4.36. The van der Waals surface area contributed by atoms with Crippen molar-refractivity contribution >= 4 is 33.7 Å². The van der Waals surface area contributed by atoms with Gasteiger partial charge in [-0.05, 0) is 51.5 Å². The Morgan fingerprint density at radius 3 is 2.49 bits per heavy atom. The Morgan fingerprint density at radius 1 is 1.18 bits per heavy atom. The van der Waals surface area contributed by atoms with Crippen molar-refractivity contribution in [3.05, 3.63) is 40.8 Å². The number of halogens is 1. The predicted molar refractivity (Wildman–Crippen MR) is 152 cm³/mol. The Balaban J connectivity index is 2.11. The summed E-state index contributed by atoms with van der Waals surface area (Å²) in [6.45, 7) is 13.5. The predicted octanol–water partition coefficient (Wildman–Crippen LogP) is 4.64. The van der Waals surface area contributed by atoms with E-state index < -0.39 is 16.1 Å². The largest absolute Gasteiger partial charge is 0.453 e. The lowest BCUT2D eigenvalue weighted by molar-refractivity contribution is 0.168. The molecule has 1 aromatic carbocycles. The normalized spacial score (nSPS) is 12.9. The van der Waals surface area contributed by atoms with Gasteiger partial charge in [0.1, 0.15) is 5.82 Å². The summed E-state index contributed by atoms with van der Waals surface area (Å²) in [5.41, 5.74) is 2.40. The van der Waals surface area contributed by atoms with E-state index in [1.165, 1.54) is 13.2 Å². The third-order valence-electron chi connectivity index (χ3n) is 5.70. The lowest BCUT2D eigenvalue weighted by atomic mass is 9.96. The second-order valence-electron chi connectivity index (χ2n) is 10.6. The number of hydrogen-bond acceptors (Lipinski definition) is 8. The summed E-state index contributed by atoms with van der Waals surface area (Å²) in [5, 5.41) is 6.05. The molecule has 0 saturated heterocycles. The first kappa shape index (κ1) is 30.3. The van der Waals surface area contributed by atoms with Gasteiger partial charge in [0.25, 0.3) is 0 Å². The first-order valence-corrected chi connectivity index (χ1v) is 14.3. The molecule has 0 aliphatic rings. The number of benzene rings is 1. The SMILES string of the molecule is COC(=O)N[C@@H](C)CNc1nccc(-c2[nH]c(C(C)(C)C)nc2-c2cc(Cl)cc(S(=O)(=O)NC(C)C)c2C)n1. The van der Waals surface area contributed by atoms with Crippen LogP contribution >= 0.6 is 11.6 Å². The van der Waals surface area contributed by atoms with E-state index in [1.54, 1.807) is 39.1 Å². The highest BCUT2D eigenvalue weighted by molar-refractivity contribution is 7.89. The van der Waals surface area contributed by atoms with Crippen LogP contribution in [0.4, 0.5) is 10.7 Å². The highest BCUT2D eigenvalue weighted by Gasteiger charge is 2.27. The maximum Gasteiger partial charge on any atom is 0.407 e. The number of amides is 1. The van der Waals surface area contributed by atoms with E-state index in [0.29, 0.717) is 46.5 Å². The lowest BCUT2D eigenvalue weighted by Crippen LogP contribution is -2.37. The minimum absolute atomic E-state index is 0.0853. The van der Waals surface area contributed by atoms with Crippen molar-refractivity contribution in [3.8, 4) is 22.6 Å². The van der Waals surface area contributed by atoms with Crippen LogP contribution in [0, 0.1) is 6.92 Å². The Morgan fingerprint density at radius 2 is 1.87 bits per heavy atom. The van der Waals surface area contributed by atoms with Gasteiger partial charge in [0, 0.05) is 40.8 Å². The molecule has 0 radical (unpaired) electrons. The van der Waals surface area contributed by atoms with E-state index >= 15 is 0 Å². The fraction of sp³-hybridized carbons (Fsp3) is 0.462. The molecule has 0 aliphatic heterocycles.